The lowest BCUT2D eigenvalue weighted by Crippen LogP contribution is -2.20. The summed E-state index contributed by atoms with van der Waals surface area (Å²) in [6, 6.07) is 4.61. The minimum Gasteiger partial charge on any atom is -0.373 e. The lowest BCUT2D eigenvalue weighted by atomic mass is 9.92. The first kappa shape index (κ1) is 23.3. The zero-order valence-corrected chi connectivity index (χ0v) is 20.1. The monoisotopic (exact) mass is 514 g/mol. The highest BCUT2D eigenvalue weighted by molar-refractivity contribution is 6.30. The van der Waals surface area contributed by atoms with Crippen LogP contribution in [0.1, 0.15) is 72.9 Å². The Morgan fingerprint density at radius 1 is 1.11 bits per heavy atom. The van der Waals surface area contributed by atoms with Gasteiger partial charge in [0.1, 0.15) is 28.5 Å². The minimum absolute atomic E-state index is 0.0233. The number of hydrogen-bond donors (Lipinski definition) is 0. The van der Waals surface area contributed by atoms with Crippen molar-refractivity contribution >= 4 is 22.8 Å². The summed E-state index contributed by atoms with van der Waals surface area (Å²) < 4.78 is 50.2. The third-order valence-corrected chi connectivity index (χ3v) is 6.95. The van der Waals surface area contributed by atoms with Gasteiger partial charge in [-0.15, -0.1) is 0 Å². The summed E-state index contributed by atoms with van der Waals surface area (Å²) in [5.74, 6) is -0.289. The smallest absolute Gasteiger partial charge is 0.282 e. The molecule has 1 aromatic carbocycles. The van der Waals surface area contributed by atoms with Gasteiger partial charge < -0.3 is 4.74 Å². The zero-order chi connectivity index (χ0) is 25.0. The van der Waals surface area contributed by atoms with E-state index in [9.17, 15) is 13.2 Å². The van der Waals surface area contributed by atoms with Crippen LogP contribution in [0.25, 0.3) is 22.4 Å². The first-order valence-corrected chi connectivity index (χ1v) is 12.2. The van der Waals surface area contributed by atoms with Crippen LogP contribution in [0.15, 0.2) is 30.6 Å². The van der Waals surface area contributed by atoms with Crippen LogP contribution in [0.5, 0.6) is 0 Å². The molecule has 2 atom stereocenters. The van der Waals surface area contributed by atoms with Crippen LogP contribution in [-0.4, -0.2) is 36.3 Å². The fourth-order valence-electron chi connectivity index (χ4n) is 4.64. The van der Waals surface area contributed by atoms with Crippen molar-refractivity contribution in [1.82, 2.24) is 29.7 Å². The zero-order valence-electron chi connectivity index (χ0n) is 19.3. The largest absolute Gasteiger partial charge is 0.373 e. The summed E-state index contributed by atoms with van der Waals surface area (Å²) >= 11 is 5.94. The van der Waals surface area contributed by atoms with Crippen LogP contribution in [-0.2, 0) is 4.74 Å². The molecule has 0 unspecified atom stereocenters. The van der Waals surface area contributed by atoms with Gasteiger partial charge in [-0.3, -0.25) is 4.68 Å². The van der Waals surface area contributed by atoms with Crippen LogP contribution in [0.3, 0.4) is 0 Å². The first-order chi connectivity index (χ1) is 17.4. The van der Waals surface area contributed by atoms with Gasteiger partial charge in [0, 0.05) is 34.9 Å². The van der Waals surface area contributed by atoms with E-state index in [-0.39, 0.29) is 45.2 Å². The van der Waals surface area contributed by atoms with Crippen molar-refractivity contribution in [3.05, 3.63) is 64.2 Å². The first-order valence-electron chi connectivity index (χ1n) is 11.8. The third kappa shape index (κ3) is 4.32. The normalized spacial score (nSPS) is 20.4. The van der Waals surface area contributed by atoms with E-state index in [4.69, 9.17) is 16.3 Å². The van der Waals surface area contributed by atoms with Gasteiger partial charge in [0.05, 0.1) is 24.0 Å². The van der Waals surface area contributed by atoms with Crippen molar-refractivity contribution < 1.29 is 17.9 Å². The Balaban J connectivity index is 1.43. The van der Waals surface area contributed by atoms with Crippen molar-refractivity contribution in [2.75, 3.05) is 6.61 Å². The number of nitrogens with zero attached hydrogens (tertiary/aromatic N) is 6. The van der Waals surface area contributed by atoms with E-state index in [0.717, 1.165) is 24.5 Å². The molecule has 4 heterocycles. The van der Waals surface area contributed by atoms with E-state index in [1.165, 1.54) is 19.1 Å². The molecule has 0 radical (unpaired) electrons. The van der Waals surface area contributed by atoms with Gasteiger partial charge in [-0.05, 0) is 50.8 Å². The number of fused-ring (bicyclic) bond motifs is 1. The molecule has 1 saturated carbocycles. The highest BCUT2D eigenvalue weighted by Gasteiger charge is 2.31. The molecule has 0 amide bonds. The Labute approximate surface area is 209 Å². The van der Waals surface area contributed by atoms with Crippen LogP contribution in [0.4, 0.5) is 13.2 Å². The topological polar surface area (TPSA) is 78.6 Å². The second kappa shape index (κ2) is 9.08. The number of hydrogen-bond acceptors (Lipinski definition) is 6. The lowest BCUT2D eigenvalue weighted by molar-refractivity contribution is 0.00396. The number of aromatic nitrogens is 6. The van der Waals surface area contributed by atoms with E-state index < -0.39 is 17.9 Å². The van der Waals surface area contributed by atoms with Crippen LogP contribution < -0.4 is 0 Å². The summed E-state index contributed by atoms with van der Waals surface area (Å²) in [6.45, 7) is 1.95. The van der Waals surface area contributed by atoms with Gasteiger partial charge in [-0.2, -0.15) is 5.10 Å². The summed E-state index contributed by atoms with van der Waals surface area (Å²) in [7, 11) is 0. The van der Waals surface area contributed by atoms with Gasteiger partial charge in [0.2, 0.25) is 0 Å². The Hall–Kier alpha value is -3.11. The van der Waals surface area contributed by atoms with E-state index in [0.29, 0.717) is 31.3 Å². The van der Waals surface area contributed by atoms with Crippen molar-refractivity contribution in [2.45, 2.75) is 57.1 Å². The van der Waals surface area contributed by atoms with Crippen molar-refractivity contribution in [3.8, 4) is 11.3 Å². The van der Waals surface area contributed by atoms with E-state index >= 15 is 0 Å². The molecule has 2 fully saturated rings. The highest BCUT2D eigenvalue weighted by Crippen LogP contribution is 2.40. The molecule has 186 valence electrons. The quantitative estimate of drug-likeness (QED) is 0.311. The van der Waals surface area contributed by atoms with E-state index in [1.54, 1.807) is 0 Å². The summed E-state index contributed by atoms with van der Waals surface area (Å²) in [5, 5.41) is 4.68. The second-order valence-electron chi connectivity index (χ2n) is 9.29. The molecule has 36 heavy (non-hydrogen) atoms. The van der Waals surface area contributed by atoms with Gasteiger partial charge in [-0.1, -0.05) is 11.6 Å². The van der Waals surface area contributed by atoms with Crippen LogP contribution in [0.2, 0.25) is 5.02 Å². The third-order valence-electron chi connectivity index (χ3n) is 6.72. The number of alkyl halides is 2. The number of halogens is 4. The van der Waals surface area contributed by atoms with Crippen molar-refractivity contribution in [2.24, 2.45) is 0 Å². The maximum absolute atomic E-state index is 15.0. The molecule has 0 spiro atoms. The molecule has 1 saturated heterocycles. The van der Waals surface area contributed by atoms with Crippen LogP contribution in [0, 0.1) is 12.7 Å². The lowest BCUT2D eigenvalue weighted by Gasteiger charge is -2.28. The molecular formula is C25H22ClF3N6O. The molecule has 0 N–H and O–H groups in total. The van der Waals surface area contributed by atoms with Crippen molar-refractivity contribution in [3.63, 3.8) is 0 Å². The number of rotatable bonds is 5. The maximum Gasteiger partial charge on any atom is 0.282 e. The molecule has 4 aromatic rings. The molecule has 11 heteroatoms. The predicted octanol–water partition coefficient (Wildman–Crippen LogP) is 6.29. The van der Waals surface area contributed by atoms with E-state index in [2.05, 4.69) is 25.0 Å². The molecule has 1 aliphatic carbocycles. The van der Waals surface area contributed by atoms with Gasteiger partial charge >= 0.3 is 0 Å². The molecule has 0 bridgehead atoms. The summed E-state index contributed by atoms with van der Waals surface area (Å²) in [6.07, 6.45) is 4.38. The van der Waals surface area contributed by atoms with E-state index in [1.807, 2.05) is 17.1 Å². The average Bonchev–Trinajstić information content (AvgIpc) is 3.59. The average molecular weight is 515 g/mol. The number of aryl methyl sites for hydroxylation is 1. The predicted molar refractivity (Wildman–Crippen MR) is 126 cm³/mol. The minimum atomic E-state index is -2.84. The Kier molecular flexibility index (Phi) is 5.88. The standard InChI is InChI=1S/C25H22ClF3N6O/c1-12-20(23(28)29)32-22-21(17-5-2-15(26)9-18(17)27)33-24(34-25(22)31-12)13-6-7-36-19(8-13)14-10-30-35(11-14)16-3-4-16/h2,5,9-11,13,16,19,23H,3-4,6-8H2,1H3/t13-,19+/m1/s1. The molecular weight excluding hydrogens is 493 g/mol. The molecule has 2 aliphatic rings. The molecule has 3 aromatic heterocycles. The molecule has 6 rings (SSSR count). The fourth-order valence-corrected chi connectivity index (χ4v) is 4.80. The van der Waals surface area contributed by atoms with Gasteiger partial charge in [0.25, 0.3) is 6.43 Å². The highest BCUT2D eigenvalue weighted by atomic mass is 35.5. The molecule has 7 nitrogen and oxygen atoms in total. The SMILES string of the molecule is Cc1nc2nc([C@@H]3CCO[C@H](c4cnn(C5CC5)c4)C3)nc(-c3ccc(Cl)cc3F)c2nc1C(F)F. The summed E-state index contributed by atoms with van der Waals surface area (Å²) in [5.41, 5.74) is 0.971. The second-order valence-corrected chi connectivity index (χ2v) is 9.72. The van der Waals surface area contributed by atoms with Gasteiger partial charge in [0.15, 0.2) is 5.65 Å². The van der Waals surface area contributed by atoms with Crippen LogP contribution >= 0.6 is 11.6 Å². The fraction of sp³-hybridized carbons (Fsp3) is 0.400. The maximum atomic E-state index is 15.0. The van der Waals surface area contributed by atoms with Gasteiger partial charge in [-0.25, -0.2) is 33.1 Å². The number of ether oxygens (including phenoxy) is 1. The molecule has 1 aliphatic heterocycles. The Morgan fingerprint density at radius 3 is 2.69 bits per heavy atom. The Bertz CT molecular complexity index is 1460. The summed E-state index contributed by atoms with van der Waals surface area (Å²) in [4.78, 5) is 17.7. The number of benzene rings is 1. The van der Waals surface area contributed by atoms with Crippen molar-refractivity contribution in [1.29, 1.82) is 0 Å². The Morgan fingerprint density at radius 2 is 1.94 bits per heavy atom.